The number of hydrogen-bond acceptors (Lipinski definition) is 6. The van der Waals surface area contributed by atoms with Gasteiger partial charge in [-0.1, -0.05) is 91.4 Å². The average molecular weight is 535 g/mol. The molecule has 39 heavy (non-hydrogen) atoms. The molecule has 5 rings (SSSR count). The quantitative estimate of drug-likeness (QED) is 0.348. The van der Waals surface area contributed by atoms with Crippen LogP contribution in [0.25, 0.3) is 22.5 Å². The van der Waals surface area contributed by atoms with Crippen LogP contribution in [0.1, 0.15) is 56.5 Å². The smallest absolute Gasteiger partial charge is 0.550 e. The minimum absolute atomic E-state index is 0. The zero-order valence-electron chi connectivity index (χ0n) is 21.7. The molecule has 1 aromatic heterocycles. The Labute approximate surface area is 250 Å². The third-order valence-electron chi connectivity index (χ3n) is 6.96. The summed E-state index contributed by atoms with van der Waals surface area (Å²) in [7, 11) is 0. The van der Waals surface area contributed by atoms with Crippen molar-refractivity contribution >= 4 is 17.7 Å². The fraction of sp³-hybridized carbons (Fsp3) is 0.258. The number of ether oxygens (including phenoxy) is 1. The topological polar surface area (TPSA) is 104 Å². The molecule has 0 saturated heterocycles. The van der Waals surface area contributed by atoms with E-state index in [1.807, 2.05) is 85.8 Å². The number of benzene rings is 3. The van der Waals surface area contributed by atoms with Gasteiger partial charge >= 0.3 is 35.7 Å². The van der Waals surface area contributed by atoms with E-state index in [-0.39, 0.29) is 48.8 Å². The number of aliphatic carboxylic acids is 1. The predicted octanol–water partition coefficient (Wildman–Crippen LogP) is 3.44. The molecule has 4 aromatic rings. The van der Waals surface area contributed by atoms with Gasteiger partial charge in [-0.15, -0.1) is 0 Å². The number of carbonyl (C=O) groups is 2. The third kappa shape index (κ3) is 6.79. The number of rotatable bonds is 8. The summed E-state index contributed by atoms with van der Waals surface area (Å²) in [6, 6.07) is 25.3. The summed E-state index contributed by atoms with van der Waals surface area (Å²) in [5.41, 5.74) is 5.46. The van der Waals surface area contributed by atoms with Crippen molar-refractivity contribution in [2.45, 2.75) is 52.1 Å². The second-order valence-electron chi connectivity index (χ2n) is 9.54. The molecule has 0 radical (unpaired) electrons. The van der Waals surface area contributed by atoms with Crippen molar-refractivity contribution in [1.82, 2.24) is 5.16 Å². The van der Waals surface area contributed by atoms with Crippen LogP contribution in [0.15, 0.2) is 83.4 Å². The van der Waals surface area contributed by atoms with Gasteiger partial charge < -0.3 is 19.2 Å². The van der Waals surface area contributed by atoms with E-state index in [0.717, 1.165) is 40.7 Å². The van der Waals surface area contributed by atoms with Crippen LogP contribution in [0.5, 0.6) is 0 Å². The number of carboxylic acid groups (broad SMARTS) is 1. The normalized spacial score (nSPS) is 13.8. The van der Waals surface area contributed by atoms with Gasteiger partial charge in [0.2, 0.25) is 0 Å². The van der Waals surface area contributed by atoms with Crippen molar-refractivity contribution in [2.75, 3.05) is 5.32 Å². The number of nitrogens with one attached hydrogen (secondary N) is 1. The molecule has 1 fully saturated rings. The van der Waals surface area contributed by atoms with Gasteiger partial charge in [0, 0.05) is 16.9 Å². The molecule has 196 valence electrons. The molecule has 1 amide bonds. The van der Waals surface area contributed by atoms with Crippen LogP contribution < -0.4 is 40.0 Å². The monoisotopic (exact) mass is 534 g/mol. The fourth-order valence-corrected chi connectivity index (χ4v) is 4.62. The Kier molecular flexibility index (Phi) is 9.78. The summed E-state index contributed by atoms with van der Waals surface area (Å²) in [5, 5.41) is 17.9. The van der Waals surface area contributed by atoms with Crippen LogP contribution >= 0.6 is 0 Å². The molecule has 1 atom stereocenters. The maximum Gasteiger partial charge on any atom is 1.00 e. The van der Waals surface area contributed by atoms with Gasteiger partial charge in [0.25, 0.3) is 0 Å². The molecule has 1 aliphatic rings. The number of nitrogens with zero attached hydrogens (tertiary/aromatic N) is 1. The molecule has 0 bridgehead atoms. The predicted molar refractivity (Wildman–Crippen MR) is 144 cm³/mol. The van der Waals surface area contributed by atoms with Crippen LogP contribution in [0.3, 0.4) is 0 Å². The summed E-state index contributed by atoms with van der Waals surface area (Å²) in [6.45, 7) is 3.57. The van der Waals surface area contributed by atoms with E-state index in [4.69, 9.17) is 9.26 Å². The first-order chi connectivity index (χ1) is 17.8. The van der Waals surface area contributed by atoms with Crippen molar-refractivity contribution in [2.24, 2.45) is 0 Å². The van der Waals surface area contributed by atoms with E-state index >= 15 is 0 Å². The van der Waals surface area contributed by atoms with Crippen molar-refractivity contribution in [3.8, 4) is 22.5 Å². The standard InChI is InChI=1S/C30H28N2O5.CH4.Na/c1-19-27(31-29(35)36-20(2)21-6-4-3-5-7-21)28(37-32-19)24-10-8-22(9-11-24)23-12-14-25(15-13-23)30(16-17-30)18-26(33)34;;/h3-15,20H,16-18H2,1-2H3,(H,31,35)(H,33,34);1H4;/q;;+1/p-1/t20-;;/m1../s1. The zero-order valence-corrected chi connectivity index (χ0v) is 23.7. The largest absolute Gasteiger partial charge is 1.00 e. The van der Waals surface area contributed by atoms with E-state index in [1.165, 1.54) is 0 Å². The Bertz CT molecular complexity index is 1410. The summed E-state index contributed by atoms with van der Waals surface area (Å²) < 4.78 is 11.1. The molecular formula is C31H31N2NaO5. The van der Waals surface area contributed by atoms with Crippen molar-refractivity contribution in [3.05, 3.63) is 95.7 Å². The molecule has 0 spiro atoms. The Morgan fingerprint density at radius 2 is 1.54 bits per heavy atom. The number of aryl methyl sites for hydroxylation is 1. The van der Waals surface area contributed by atoms with Crippen LogP contribution in [-0.2, 0) is 14.9 Å². The van der Waals surface area contributed by atoms with Gasteiger partial charge in [0.05, 0.1) is 0 Å². The Hall–Kier alpha value is -3.39. The Morgan fingerprint density at radius 1 is 0.974 bits per heavy atom. The zero-order chi connectivity index (χ0) is 26.0. The fourth-order valence-electron chi connectivity index (χ4n) is 4.62. The average Bonchev–Trinajstić information content (AvgIpc) is 3.59. The first-order valence-electron chi connectivity index (χ1n) is 12.2. The van der Waals surface area contributed by atoms with Crippen molar-refractivity contribution in [3.63, 3.8) is 0 Å². The van der Waals surface area contributed by atoms with E-state index in [9.17, 15) is 14.7 Å². The Morgan fingerprint density at radius 3 is 2.10 bits per heavy atom. The van der Waals surface area contributed by atoms with Gasteiger partial charge in [-0.25, -0.2) is 4.79 Å². The van der Waals surface area contributed by atoms with Gasteiger partial charge in [0.1, 0.15) is 17.5 Å². The van der Waals surface area contributed by atoms with Crippen molar-refractivity contribution < 1.29 is 53.5 Å². The van der Waals surface area contributed by atoms with E-state index in [0.29, 0.717) is 17.1 Å². The summed E-state index contributed by atoms with van der Waals surface area (Å²) in [4.78, 5) is 23.7. The van der Waals surface area contributed by atoms with Crippen LogP contribution in [0.4, 0.5) is 10.5 Å². The number of carbonyl (C=O) groups excluding carboxylic acids is 2. The van der Waals surface area contributed by atoms with Gasteiger partial charge in [-0.05, 0) is 55.4 Å². The van der Waals surface area contributed by atoms with Crippen LogP contribution in [0, 0.1) is 6.92 Å². The third-order valence-corrected chi connectivity index (χ3v) is 6.96. The molecule has 0 unspecified atom stereocenters. The number of aromatic nitrogens is 1. The van der Waals surface area contributed by atoms with Gasteiger partial charge in [-0.3, -0.25) is 5.32 Å². The second-order valence-corrected chi connectivity index (χ2v) is 9.54. The summed E-state index contributed by atoms with van der Waals surface area (Å²) in [5.74, 6) is -0.561. The molecule has 3 aromatic carbocycles. The molecule has 8 heteroatoms. The SMILES string of the molecule is C.Cc1noc(-c2ccc(-c3ccc(C4(CC(=O)[O-])CC4)cc3)cc2)c1NC(=O)O[C@H](C)c1ccccc1.[Na+]. The first-order valence-corrected chi connectivity index (χ1v) is 12.2. The van der Waals surface area contributed by atoms with E-state index < -0.39 is 18.2 Å². The number of carboxylic acids is 1. The molecule has 7 nitrogen and oxygen atoms in total. The molecule has 1 heterocycles. The number of anilines is 1. The van der Waals surface area contributed by atoms with E-state index in [1.54, 1.807) is 6.92 Å². The second kappa shape index (κ2) is 12.6. The van der Waals surface area contributed by atoms with E-state index in [2.05, 4.69) is 10.5 Å². The van der Waals surface area contributed by atoms with Gasteiger partial charge in [-0.2, -0.15) is 0 Å². The number of amides is 1. The van der Waals surface area contributed by atoms with Crippen LogP contribution in [-0.4, -0.2) is 17.2 Å². The minimum atomic E-state index is -1.01. The van der Waals surface area contributed by atoms with Crippen LogP contribution in [0.2, 0.25) is 0 Å². The maximum absolute atomic E-state index is 12.6. The molecule has 1 N–H and O–H groups in total. The van der Waals surface area contributed by atoms with Gasteiger partial charge in [0.15, 0.2) is 5.76 Å². The maximum atomic E-state index is 12.6. The molecule has 1 aliphatic carbocycles. The first kappa shape index (κ1) is 30.2. The summed E-state index contributed by atoms with van der Waals surface area (Å²) >= 11 is 0. The molecular weight excluding hydrogens is 503 g/mol. The molecule has 0 aliphatic heterocycles. The minimum Gasteiger partial charge on any atom is -0.550 e. The molecule has 1 saturated carbocycles. The van der Waals surface area contributed by atoms with Crippen molar-refractivity contribution in [1.29, 1.82) is 0 Å². The summed E-state index contributed by atoms with van der Waals surface area (Å²) in [6.07, 6.45) is 0.813. The number of hydrogen-bond donors (Lipinski definition) is 1. The Balaban J connectivity index is 0.00000210.